The number of carbonyl (C=O) groups excluding carboxylic acids is 1. The number of ether oxygens (including phenoxy) is 4. The summed E-state index contributed by atoms with van der Waals surface area (Å²) in [6, 6.07) is 1.75. The van der Waals surface area contributed by atoms with Crippen molar-refractivity contribution in [3.63, 3.8) is 0 Å². The number of fused-ring (bicyclic) bond motifs is 1. The first-order valence-corrected chi connectivity index (χ1v) is 11.6. The Labute approximate surface area is 192 Å². The largest absolute Gasteiger partial charge is 0.469 e. The molecule has 11 heteroatoms. The molecule has 2 N–H and O–H groups in total. The van der Waals surface area contributed by atoms with Crippen LogP contribution in [0.5, 0.6) is 5.88 Å². The van der Waals surface area contributed by atoms with Crippen LogP contribution in [0.15, 0.2) is 12.3 Å². The van der Waals surface area contributed by atoms with Crippen LogP contribution in [0.2, 0.25) is 0 Å². The summed E-state index contributed by atoms with van der Waals surface area (Å²) in [6.45, 7) is 4.55. The summed E-state index contributed by atoms with van der Waals surface area (Å²) in [4.78, 5) is 33.2. The molecule has 1 aromatic rings. The van der Waals surface area contributed by atoms with E-state index in [2.05, 4.69) is 22.2 Å². The van der Waals surface area contributed by atoms with Crippen molar-refractivity contribution in [2.45, 2.75) is 82.5 Å². The molecule has 3 aliphatic heterocycles. The van der Waals surface area contributed by atoms with E-state index in [-0.39, 0.29) is 43.0 Å². The maximum Gasteiger partial charge on any atom is 0.407 e. The van der Waals surface area contributed by atoms with Crippen LogP contribution in [-0.4, -0.2) is 88.3 Å². The fourth-order valence-corrected chi connectivity index (χ4v) is 4.81. The summed E-state index contributed by atoms with van der Waals surface area (Å²) >= 11 is 0. The molecule has 3 saturated heterocycles. The second kappa shape index (κ2) is 10.5. The highest BCUT2D eigenvalue weighted by Gasteiger charge is 2.50. The fraction of sp³-hybridized carbons (Fsp3) is 0.727. The van der Waals surface area contributed by atoms with Crippen LogP contribution in [0.25, 0.3) is 0 Å². The molecule has 11 nitrogen and oxygen atoms in total. The second-order valence-electron chi connectivity index (χ2n) is 8.76. The van der Waals surface area contributed by atoms with Gasteiger partial charge < -0.3 is 34.3 Å². The molecule has 0 bridgehead atoms. The van der Waals surface area contributed by atoms with E-state index in [1.807, 2.05) is 0 Å². The molecule has 3 aliphatic rings. The SMILES string of the molecule is CCCCC1CC(Nc2nccc(O[C@H]3CO[C@H]4[C@@H]3OC[C@@H]4OC(C)=O)n2)CCN1C(=O)O. The van der Waals surface area contributed by atoms with Crippen molar-refractivity contribution in [3.8, 4) is 5.88 Å². The van der Waals surface area contributed by atoms with Gasteiger partial charge in [0.05, 0.1) is 13.2 Å². The second-order valence-corrected chi connectivity index (χ2v) is 8.76. The molecular weight excluding hydrogens is 432 g/mol. The molecule has 33 heavy (non-hydrogen) atoms. The van der Waals surface area contributed by atoms with Crippen molar-refractivity contribution in [2.24, 2.45) is 0 Å². The highest BCUT2D eigenvalue weighted by Crippen LogP contribution is 2.31. The normalized spacial score (nSPS) is 31.2. The molecule has 0 radical (unpaired) electrons. The monoisotopic (exact) mass is 464 g/mol. The third kappa shape index (κ3) is 5.64. The van der Waals surface area contributed by atoms with Crippen LogP contribution in [0.3, 0.4) is 0 Å². The van der Waals surface area contributed by atoms with E-state index < -0.39 is 12.2 Å². The lowest BCUT2D eigenvalue weighted by Gasteiger charge is -2.38. The number of aromatic nitrogens is 2. The van der Waals surface area contributed by atoms with Crippen molar-refractivity contribution >= 4 is 18.0 Å². The van der Waals surface area contributed by atoms with Gasteiger partial charge in [0.2, 0.25) is 11.8 Å². The predicted octanol–water partition coefficient (Wildman–Crippen LogP) is 2.07. The van der Waals surface area contributed by atoms with Crippen molar-refractivity contribution < 1.29 is 33.6 Å². The van der Waals surface area contributed by atoms with Crippen LogP contribution in [-0.2, 0) is 19.0 Å². The number of carboxylic acid groups (broad SMARTS) is 1. The average molecular weight is 465 g/mol. The van der Waals surface area contributed by atoms with E-state index in [0.717, 1.165) is 19.3 Å². The van der Waals surface area contributed by atoms with E-state index >= 15 is 0 Å². The van der Waals surface area contributed by atoms with Gasteiger partial charge in [-0.15, -0.1) is 0 Å². The smallest absolute Gasteiger partial charge is 0.407 e. The molecule has 0 saturated carbocycles. The summed E-state index contributed by atoms with van der Waals surface area (Å²) < 4.78 is 22.8. The third-order valence-corrected chi connectivity index (χ3v) is 6.37. The molecular formula is C22H32N4O7. The molecule has 0 aromatic carbocycles. The Hall–Kier alpha value is -2.66. The van der Waals surface area contributed by atoms with Gasteiger partial charge in [-0.2, -0.15) is 4.98 Å². The molecule has 0 aliphatic carbocycles. The van der Waals surface area contributed by atoms with E-state index in [9.17, 15) is 14.7 Å². The van der Waals surface area contributed by atoms with Crippen molar-refractivity contribution in [1.82, 2.24) is 14.9 Å². The average Bonchev–Trinajstić information content (AvgIpc) is 3.35. The van der Waals surface area contributed by atoms with Gasteiger partial charge in [0.25, 0.3) is 0 Å². The number of amides is 1. The molecule has 2 unspecified atom stereocenters. The topological polar surface area (TPSA) is 132 Å². The lowest BCUT2D eigenvalue weighted by Crippen LogP contribution is -2.48. The molecule has 1 aromatic heterocycles. The summed E-state index contributed by atoms with van der Waals surface area (Å²) in [5.41, 5.74) is 0. The zero-order valence-corrected chi connectivity index (χ0v) is 19.0. The van der Waals surface area contributed by atoms with Crippen LogP contribution >= 0.6 is 0 Å². The zero-order chi connectivity index (χ0) is 23.4. The van der Waals surface area contributed by atoms with Gasteiger partial charge in [-0.3, -0.25) is 4.79 Å². The number of rotatable bonds is 8. The van der Waals surface area contributed by atoms with Crippen molar-refractivity contribution in [1.29, 1.82) is 0 Å². The Morgan fingerprint density at radius 1 is 1.27 bits per heavy atom. The first-order valence-electron chi connectivity index (χ1n) is 11.6. The van der Waals surface area contributed by atoms with Crippen LogP contribution in [0.1, 0.15) is 46.0 Å². The minimum Gasteiger partial charge on any atom is -0.469 e. The summed E-state index contributed by atoms with van der Waals surface area (Å²) in [5.74, 6) is 0.470. The van der Waals surface area contributed by atoms with Crippen LogP contribution in [0.4, 0.5) is 10.7 Å². The molecule has 3 fully saturated rings. The number of unbranched alkanes of at least 4 members (excludes halogenated alkanes) is 1. The number of hydrogen-bond donors (Lipinski definition) is 2. The van der Waals surface area contributed by atoms with Gasteiger partial charge in [0.15, 0.2) is 12.2 Å². The molecule has 182 valence electrons. The molecule has 4 heterocycles. The van der Waals surface area contributed by atoms with Gasteiger partial charge >= 0.3 is 12.1 Å². The highest BCUT2D eigenvalue weighted by molar-refractivity contribution is 5.66. The number of nitrogens with zero attached hydrogens (tertiary/aromatic N) is 3. The molecule has 1 amide bonds. The van der Waals surface area contributed by atoms with E-state index in [0.29, 0.717) is 37.8 Å². The molecule has 4 rings (SSSR count). The number of nitrogens with one attached hydrogen (secondary N) is 1. The maximum absolute atomic E-state index is 11.6. The van der Waals surface area contributed by atoms with Crippen molar-refractivity contribution in [3.05, 3.63) is 12.3 Å². The summed E-state index contributed by atoms with van der Waals surface area (Å²) in [5, 5.41) is 12.8. The van der Waals surface area contributed by atoms with Crippen LogP contribution in [0, 0.1) is 0 Å². The Kier molecular flexibility index (Phi) is 7.49. The van der Waals surface area contributed by atoms with Gasteiger partial charge in [-0.25, -0.2) is 9.78 Å². The van der Waals surface area contributed by atoms with Gasteiger partial charge in [0.1, 0.15) is 12.2 Å². The quantitative estimate of drug-likeness (QED) is 0.551. The molecule has 0 spiro atoms. The summed E-state index contributed by atoms with van der Waals surface area (Å²) in [6.07, 6.45) is 3.56. The number of carbonyl (C=O) groups is 2. The predicted molar refractivity (Wildman–Crippen MR) is 116 cm³/mol. The number of likely N-dealkylation sites (tertiary alicyclic amines) is 1. The van der Waals surface area contributed by atoms with Gasteiger partial charge in [-0.1, -0.05) is 19.8 Å². The Bertz CT molecular complexity index is 841. The number of esters is 1. The van der Waals surface area contributed by atoms with Crippen LogP contribution < -0.4 is 10.1 Å². The Balaban J connectivity index is 1.34. The fourth-order valence-electron chi connectivity index (χ4n) is 4.81. The third-order valence-electron chi connectivity index (χ3n) is 6.37. The zero-order valence-electron chi connectivity index (χ0n) is 19.0. The highest BCUT2D eigenvalue weighted by atomic mass is 16.7. The maximum atomic E-state index is 11.6. The lowest BCUT2D eigenvalue weighted by molar-refractivity contribution is -0.150. The minimum atomic E-state index is -0.858. The first-order chi connectivity index (χ1) is 15.9. The number of hydrogen-bond acceptors (Lipinski definition) is 9. The Morgan fingerprint density at radius 3 is 2.76 bits per heavy atom. The minimum absolute atomic E-state index is 0.00890. The number of piperidine rings is 1. The molecule has 6 atom stereocenters. The van der Waals surface area contributed by atoms with Gasteiger partial charge in [-0.05, 0) is 19.3 Å². The lowest BCUT2D eigenvalue weighted by atomic mass is 9.94. The van der Waals surface area contributed by atoms with Gasteiger partial charge in [0, 0.05) is 37.8 Å². The van der Waals surface area contributed by atoms with E-state index in [1.165, 1.54) is 6.92 Å². The number of anilines is 1. The first kappa shape index (κ1) is 23.5. The van der Waals surface area contributed by atoms with Crippen molar-refractivity contribution in [2.75, 3.05) is 25.1 Å². The Morgan fingerprint density at radius 2 is 2.03 bits per heavy atom. The standard InChI is InChI=1S/C22H32N4O7/c1-3-4-5-15-10-14(7-9-26(15)22(28)29)24-21-23-8-6-18(25-21)33-17-12-31-19-16(32-13(2)27)11-30-20(17)19/h6,8,14-17,19-20H,3-5,7,9-12H2,1-2H3,(H,28,29)(H,23,24,25)/t14?,15?,16-,17-,19+,20+/m0/s1. The van der Waals surface area contributed by atoms with E-state index in [1.54, 1.807) is 17.2 Å². The van der Waals surface area contributed by atoms with E-state index in [4.69, 9.17) is 18.9 Å². The summed E-state index contributed by atoms with van der Waals surface area (Å²) in [7, 11) is 0.